The van der Waals surface area contributed by atoms with Crippen LogP contribution in [0.15, 0.2) is 71.9 Å². The summed E-state index contributed by atoms with van der Waals surface area (Å²) in [6, 6.07) is 18.6. The highest BCUT2D eigenvalue weighted by Gasteiger charge is 2.26. The number of likely N-dealkylation sites (N-methyl/N-ethyl adjacent to an activating group) is 1. The van der Waals surface area contributed by atoms with Gasteiger partial charge in [0.15, 0.2) is 14.1 Å². The van der Waals surface area contributed by atoms with Crippen molar-refractivity contribution in [3.63, 3.8) is 0 Å². The van der Waals surface area contributed by atoms with Gasteiger partial charge >= 0.3 is 5.97 Å². The Bertz CT molecular complexity index is 1120. The lowest BCUT2D eigenvalue weighted by molar-refractivity contribution is -0.145. The average Bonchev–Trinajstić information content (AvgIpc) is 2.91. The highest BCUT2D eigenvalue weighted by molar-refractivity contribution is 7.50. The summed E-state index contributed by atoms with van der Waals surface area (Å²) in [5, 5.41) is 3.35. The fraction of sp³-hybridized carbons (Fsp3) is 0.308. The van der Waals surface area contributed by atoms with Gasteiger partial charge in [-0.2, -0.15) is 4.98 Å². The minimum Gasteiger partial charge on any atom is -0.465 e. The predicted octanol–water partition coefficient (Wildman–Crippen LogP) is 3.96. The summed E-state index contributed by atoms with van der Waals surface area (Å²) in [5.74, 6) is 1.07. The van der Waals surface area contributed by atoms with Crippen molar-refractivity contribution in [2.75, 3.05) is 43.8 Å². The third-order valence-corrected chi connectivity index (χ3v) is 6.64. The van der Waals surface area contributed by atoms with Crippen LogP contribution in [0.2, 0.25) is 0 Å². The van der Waals surface area contributed by atoms with Crippen LogP contribution in [-0.4, -0.2) is 61.9 Å². The number of nitrogens with one attached hydrogen (secondary N) is 1. The molecule has 0 saturated heterocycles. The first-order valence-corrected chi connectivity index (χ1v) is 13.3. The number of nitrogens with two attached hydrogens (primary N) is 1. The normalized spacial score (nSPS) is 12.4. The molecule has 196 valence electrons. The van der Waals surface area contributed by atoms with Crippen LogP contribution >= 0.6 is 8.30 Å². The predicted molar refractivity (Wildman–Crippen MR) is 147 cm³/mol. The number of para-hydroxylation sites is 1. The van der Waals surface area contributed by atoms with Crippen LogP contribution in [-0.2, 0) is 20.7 Å². The minimum absolute atomic E-state index is 0.155. The van der Waals surface area contributed by atoms with E-state index in [1.165, 1.54) is 6.20 Å². The van der Waals surface area contributed by atoms with Crippen molar-refractivity contribution >= 4 is 38.4 Å². The molecule has 37 heavy (non-hydrogen) atoms. The summed E-state index contributed by atoms with van der Waals surface area (Å²) < 4.78 is 17.5. The van der Waals surface area contributed by atoms with Gasteiger partial charge in [0.25, 0.3) is 0 Å². The van der Waals surface area contributed by atoms with Crippen molar-refractivity contribution in [3.05, 3.63) is 72.4 Å². The van der Waals surface area contributed by atoms with Crippen molar-refractivity contribution in [1.29, 1.82) is 0 Å². The molecule has 11 heteroatoms. The van der Waals surface area contributed by atoms with E-state index in [9.17, 15) is 4.79 Å². The highest BCUT2D eigenvalue weighted by atomic mass is 31.2. The summed E-state index contributed by atoms with van der Waals surface area (Å²) in [6.07, 6.45) is 2.24. The van der Waals surface area contributed by atoms with Crippen LogP contribution in [0.4, 0.5) is 17.5 Å². The summed E-state index contributed by atoms with van der Waals surface area (Å²) in [6.45, 7) is 6.53. The number of benzene rings is 2. The molecule has 10 nitrogen and oxygen atoms in total. The highest BCUT2D eigenvalue weighted by Crippen LogP contribution is 2.35. The second-order valence-corrected chi connectivity index (χ2v) is 9.42. The number of ether oxygens (including phenoxy) is 2. The van der Waals surface area contributed by atoms with Gasteiger partial charge < -0.3 is 24.6 Å². The van der Waals surface area contributed by atoms with Crippen molar-refractivity contribution in [3.8, 4) is 5.75 Å². The first-order valence-electron chi connectivity index (χ1n) is 11.9. The molecule has 0 aliphatic heterocycles. The number of anilines is 2. The number of hydrogen-bond donors (Lipinski definition) is 2. The van der Waals surface area contributed by atoms with Crippen LogP contribution in [0.5, 0.6) is 5.75 Å². The molecule has 2 aromatic carbocycles. The van der Waals surface area contributed by atoms with Crippen LogP contribution in [0.25, 0.3) is 0 Å². The molecule has 1 unspecified atom stereocenters. The van der Waals surface area contributed by atoms with E-state index in [-0.39, 0.29) is 18.3 Å². The smallest absolute Gasteiger partial charge is 0.323 e. The van der Waals surface area contributed by atoms with E-state index < -0.39 is 14.3 Å². The van der Waals surface area contributed by atoms with Gasteiger partial charge in [0, 0.05) is 13.6 Å². The number of hydrogen-bond acceptors (Lipinski definition) is 10. The van der Waals surface area contributed by atoms with Gasteiger partial charge in [0.1, 0.15) is 23.8 Å². The number of carbonyl (C=O) groups excluding carboxylic acids is 1. The Hall–Kier alpha value is -3.59. The fourth-order valence-electron chi connectivity index (χ4n) is 3.37. The molecule has 3 N–H and O–H groups in total. The van der Waals surface area contributed by atoms with Crippen molar-refractivity contribution in [1.82, 2.24) is 15.1 Å². The van der Waals surface area contributed by atoms with E-state index in [1.54, 1.807) is 6.92 Å². The lowest BCUT2D eigenvalue weighted by Gasteiger charge is -2.25. The fourth-order valence-corrected chi connectivity index (χ4v) is 4.77. The summed E-state index contributed by atoms with van der Waals surface area (Å²) >= 11 is 0. The van der Waals surface area contributed by atoms with Gasteiger partial charge in [0.05, 0.1) is 19.4 Å². The van der Waals surface area contributed by atoms with Crippen molar-refractivity contribution < 1.29 is 18.8 Å². The van der Waals surface area contributed by atoms with E-state index in [0.29, 0.717) is 43.4 Å². The number of aliphatic imine (C=N–C) groups is 1. The molecule has 0 fully saturated rings. The first kappa shape index (κ1) is 28.0. The van der Waals surface area contributed by atoms with E-state index in [4.69, 9.17) is 19.7 Å². The van der Waals surface area contributed by atoms with E-state index in [2.05, 4.69) is 26.8 Å². The zero-order valence-electron chi connectivity index (χ0n) is 21.1. The van der Waals surface area contributed by atoms with Gasteiger partial charge in [-0.25, -0.2) is 10.1 Å². The van der Waals surface area contributed by atoms with Gasteiger partial charge in [0.2, 0.25) is 5.95 Å². The van der Waals surface area contributed by atoms with Crippen LogP contribution in [0, 0.1) is 0 Å². The molecule has 0 saturated carbocycles. The SMILES string of the molecule is C=Nc1cnc(N)nc1N(C)CCOCP(N[C@@H](Cc1ccccc1)C(=O)OCC)Oc1ccccc1. The number of nitrogen functional groups attached to an aromatic ring is 1. The molecule has 1 heterocycles. The van der Waals surface area contributed by atoms with E-state index in [0.717, 1.165) is 5.56 Å². The molecule has 0 aliphatic carbocycles. The number of rotatable bonds is 15. The quantitative estimate of drug-likeness (QED) is 0.132. The maximum Gasteiger partial charge on any atom is 0.323 e. The third kappa shape index (κ3) is 9.09. The standard InChI is InChI=1S/C26H33N6O4P/c1-4-35-25(33)22(17-20-11-7-5-8-12-20)31-37(36-21-13-9-6-10-14-21)19-34-16-15-32(3)24-23(28-2)18-29-26(27)30-24/h5-14,18,22,31H,2,4,15-17,19H2,1,3H3,(H2,27,29,30)/t22-,37?/m0/s1. The Balaban J connectivity index is 1.66. The largest absolute Gasteiger partial charge is 0.465 e. The molecule has 0 aliphatic rings. The maximum absolute atomic E-state index is 12.8. The molecule has 0 radical (unpaired) electrons. The summed E-state index contributed by atoms with van der Waals surface area (Å²) in [4.78, 5) is 26.8. The topological polar surface area (TPSA) is 124 Å². The zero-order valence-corrected chi connectivity index (χ0v) is 22.0. The molecule has 3 rings (SSSR count). The summed E-state index contributed by atoms with van der Waals surface area (Å²) in [5.41, 5.74) is 7.28. The number of nitrogens with zero attached hydrogens (tertiary/aromatic N) is 4. The monoisotopic (exact) mass is 524 g/mol. The lowest BCUT2D eigenvalue weighted by Crippen LogP contribution is -2.38. The molecular weight excluding hydrogens is 491 g/mol. The zero-order chi connectivity index (χ0) is 26.5. The Morgan fingerprint density at radius 1 is 1.19 bits per heavy atom. The molecule has 0 spiro atoms. The van der Waals surface area contributed by atoms with Crippen LogP contribution in [0.3, 0.4) is 0 Å². The number of aromatic nitrogens is 2. The molecule has 0 bridgehead atoms. The Labute approximate surface area is 218 Å². The Morgan fingerprint density at radius 3 is 2.57 bits per heavy atom. The molecular formula is C26H33N6O4P. The van der Waals surface area contributed by atoms with Crippen LogP contribution < -0.4 is 20.2 Å². The van der Waals surface area contributed by atoms with Gasteiger partial charge in [-0.1, -0.05) is 48.5 Å². The summed E-state index contributed by atoms with van der Waals surface area (Å²) in [7, 11) is 0.478. The van der Waals surface area contributed by atoms with Crippen molar-refractivity contribution in [2.24, 2.45) is 4.99 Å². The van der Waals surface area contributed by atoms with E-state index in [1.807, 2.05) is 72.6 Å². The maximum atomic E-state index is 12.8. The molecule has 2 atom stereocenters. The average molecular weight is 525 g/mol. The van der Waals surface area contributed by atoms with Crippen LogP contribution in [0.1, 0.15) is 12.5 Å². The molecule has 1 aromatic heterocycles. The van der Waals surface area contributed by atoms with Crippen molar-refractivity contribution in [2.45, 2.75) is 19.4 Å². The molecule has 3 aromatic rings. The lowest BCUT2D eigenvalue weighted by atomic mass is 10.1. The second kappa shape index (κ2) is 14.8. The third-order valence-electron chi connectivity index (χ3n) is 5.19. The second-order valence-electron chi connectivity index (χ2n) is 7.96. The Morgan fingerprint density at radius 2 is 1.89 bits per heavy atom. The Kier molecular flexibility index (Phi) is 11.2. The van der Waals surface area contributed by atoms with Gasteiger partial charge in [-0.05, 0) is 37.8 Å². The van der Waals surface area contributed by atoms with Gasteiger partial charge in [-0.3, -0.25) is 9.79 Å². The first-order chi connectivity index (χ1) is 18.0. The molecule has 0 amide bonds. The van der Waals surface area contributed by atoms with Gasteiger partial charge in [-0.15, -0.1) is 0 Å². The van der Waals surface area contributed by atoms with E-state index >= 15 is 0 Å². The number of esters is 1. The minimum atomic E-state index is -1.38. The number of carbonyl (C=O) groups is 1.